The second kappa shape index (κ2) is 11.5. The van der Waals surface area contributed by atoms with Crippen LogP contribution in [0.5, 0.6) is 0 Å². The molecule has 1 saturated carbocycles. The summed E-state index contributed by atoms with van der Waals surface area (Å²) in [7, 11) is 0. The van der Waals surface area contributed by atoms with E-state index in [0.717, 1.165) is 0 Å². The van der Waals surface area contributed by atoms with E-state index in [1.807, 2.05) is 6.92 Å². The van der Waals surface area contributed by atoms with Crippen LogP contribution in [-0.2, 0) is 9.59 Å². The van der Waals surface area contributed by atoms with Gasteiger partial charge in [0.2, 0.25) is 0 Å². The van der Waals surface area contributed by atoms with E-state index in [4.69, 9.17) is 5.11 Å². The molecular formula is C21H31F3O5. The summed E-state index contributed by atoms with van der Waals surface area (Å²) < 4.78 is 39.3. The van der Waals surface area contributed by atoms with Gasteiger partial charge in [-0.25, -0.2) is 4.79 Å². The van der Waals surface area contributed by atoms with Gasteiger partial charge < -0.3 is 15.3 Å². The third kappa shape index (κ3) is 8.70. The molecule has 1 aliphatic rings. The predicted molar refractivity (Wildman–Crippen MR) is 102 cm³/mol. The SMILES string of the molecule is CCCC[C@@H](C/C=C/[C@H]1CCC(=O)[C@@H]1C/C=C\CCC(O)(O)C(=O)O)C(F)(F)F. The highest BCUT2D eigenvalue weighted by Crippen LogP contribution is 2.35. The molecular weight excluding hydrogens is 389 g/mol. The van der Waals surface area contributed by atoms with E-state index in [1.54, 1.807) is 24.3 Å². The number of carboxylic acids is 1. The average Bonchev–Trinajstić information content (AvgIpc) is 2.96. The van der Waals surface area contributed by atoms with Gasteiger partial charge in [-0.15, -0.1) is 0 Å². The molecule has 0 amide bonds. The van der Waals surface area contributed by atoms with Gasteiger partial charge in [-0.3, -0.25) is 4.79 Å². The van der Waals surface area contributed by atoms with Crippen molar-refractivity contribution in [3.63, 3.8) is 0 Å². The van der Waals surface area contributed by atoms with E-state index in [-0.39, 0.29) is 43.3 Å². The quantitative estimate of drug-likeness (QED) is 0.322. The Morgan fingerprint density at radius 3 is 2.52 bits per heavy atom. The van der Waals surface area contributed by atoms with Gasteiger partial charge in [-0.05, 0) is 38.0 Å². The molecule has 0 saturated heterocycles. The zero-order chi connectivity index (χ0) is 22.1. The fourth-order valence-electron chi connectivity index (χ4n) is 3.51. The van der Waals surface area contributed by atoms with Crippen molar-refractivity contribution in [1.29, 1.82) is 0 Å². The Morgan fingerprint density at radius 1 is 1.24 bits per heavy atom. The highest BCUT2D eigenvalue weighted by Gasteiger charge is 2.38. The second-order valence-electron chi connectivity index (χ2n) is 7.69. The number of Topliss-reactive ketones (excluding diaryl/α,β-unsaturated/α-hetero) is 1. The van der Waals surface area contributed by atoms with Crippen LogP contribution in [-0.4, -0.2) is 39.0 Å². The highest BCUT2D eigenvalue weighted by molar-refractivity contribution is 5.83. The Kier molecular flexibility index (Phi) is 10.1. The largest absolute Gasteiger partial charge is 0.477 e. The van der Waals surface area contributed by atoms with E-state index in [1.165, 1.54) is 0 Å². The van der Waals surface area contributed by atoms with Crippen molar-refractivity contribution in [2.45, 2.75) is 76.7 Å². The summed E-state index contributed by atoms with van der Waals surface area (Å²) in [5.74, 6) is -6.23. The van der Waals surface area contributed by atoms with Crippen molar-refractivity contribution < 1.29 is 38.1 Å². The molecule has 1 rings (SSSR count). The number of aliphatic hydroxyl groups is 2. The second-order valence-corrected chi connectivity index (χ2v) is 7.69. The van der Waals surface area contributed by atoms with E-state index >= 15 is 0 Å². The number of hydrogen-bond donors (Lipinski definition) is 3. The van der Waals surface area contributed by atoms with Crippen LogP contribution in [0.2, 0.25) is 0 Å². The lowest BCUT2D eigenvalue weighted by Gasteiger charge is -2.19. The van der Waals surface area contributed by atoms with Gasteiger partial charge in [0.05, 0.1) is 5.92 Å². The fraction of sp³-hybridized carbons (Fsp3) is 0.714. The number of unbranched alkanes of at least 4 members (excludes halogenated alkanes) is 1. The lowest BCUT2D eigenvalue weighted by Crippen LogP contribution is -2.37. The number of aliphatic carboxylic acids is 1. The smallest absolute Gasteiger partial charge is 0.392 e. The maximum absolute atomic E-state index is 13.1. The van der Waals surface area contributed by atoms with E-state index < -0.39 is 23.9 Å². The Bertz CT molecular complexity index is 596. The van der Waals surface area contributed by atoms with Crippen LogP contribution in [0, 0.1) is 17.8 Å². The van der Waals surface area contributed by atoms with Crippen molar-refractivity contribution in [3.05, 3.63) is 24.3 Å². The van der Waals surface area contributed by atoms with Gasteiger partial charge in [-0.1, -0.05) is 44.1 Å². The van der Waals surface area contributed by atoms with Crippen LogP contribution in [0.3, 0.4) is 0 Å². The Morgan fingerprint density at radius 2 is 1.93 bits per heavy atom. The maximum Gasteiger partial charge on any atom is 0.392 e. The molecule has 0 aromatic rings. The van der Waals surface area contributed by atoms with Crippen molar-refractivity contribution in [3.8, 4) is 0 Å². The van der Waals surface area contributed by atoms with Gasteiger partial charge >= 0.3 is 12.1 Å². The molecule has 3 N–H and O–H groups in total. The minimum atomic E-state index is -4.22. The number of rotatable bonds is 12. The molecule has 166 valence electrons. The molecule has 0 aromatic heterocycles. The summed E-state index contributed by atoms with van der Waals surface area (Å²) in [5.41, 5.74) is 0. The van der Waals surface area contributed by atoms with Gasteiger partial charge in [-0.2, -0.15) is 13.2 Å². The van der Waals surface area contributed by atoms with Gasteiger partial charge in [0, 0.05) is 18.8 Å². The molecule has 5 nitrogen and oxygen atoms in total. The number of carbonyl (C=O) groups is 2. The van der Waals surface area contributed by atoms with E-state index in [9.17, 15) is 33.0 Å². The normalized spacial score (nSPS) is 22.1. The fourth-order valence-corrected chi connectivity index (χ4v) is 3.51. The minimum Gasteiger partial charge on any atom is -0.477 e. The summed E-state index contributed by atoms with van der Waals surface area (Å²) in [6.45, 7) is 1.86. The van der Waals surface area contributed by atoms with Crippen LogP contribution in [0.25, 0.3) is 0 Å². The molecule has 8 heteroatoms. The molecule has 1 fully saturated rings. The standard InChI is InChI=1S/C21H31F3O5/c1-2-3-9-16(21(22,23)24)10-7-8-15-12-13-18(25)17(15)11-5-4-6-14-20(28,29)19(26)27/h4-5,7-8,15-17,28-29H,2-3,6,9-14H2,1H3,(H,26,27)/b5-4-,8-7+/t15-,16-,17+/m0/s1. The third-order valence-electron chi connectivity index (χ3n) is 5.39. The summed E-state index contributed by atoms with van der Waals surface area (Å²) in [6, 6.07) is 0. The maximum atomic E-state index is 13.1. The third-order valence-corrected chi connectivity index (χ3v) is 5.39. The first-order chi connectivity index (χ1) is 13.5. The molecule has 29 heavy (non-hydrogen) atoms. The monoisotopic (exact) mass is 420 g/mol. The van der Waals surface area contributed by atoms with Crippen molar-refractivity contribution >= 4 is 11.8 Å². The number of carboxylic acid groups (broad SMARTS) is 1. The Labute approximate surface area is 169 Å². The van der Waals surface area contributed by atoms with E-state index in [0.29, 0.717) is 32.1 Å². The highest BCUT2D eigenvalue weighted by atomic mass is 19.4. The van der Waals surface area contributed by atoms with Crippen molar-refractivity contribution in [2.24, 2.45) is 17.8 Å². The summed E-state index contributed by atoms with van der Waals surface area (Å²) in [5, 5.41) is 27.0. The summed E-state index contributed by atoms with van der Waals surface area (Å²) >= 11 is 0. The summed E-state index contributed by atoms with van der Waals surface area (Å²) in [6.07, 6.45) is 4.71. The molecule has 0 radical (unpaired) electrons. The molecule has 0 heterocycles. The average molecular weight is 420 g/mol. The first kappa shape index (κ1) is 25.4. The van der Waals surface area contributed by atoms with E-state index in [2.05, 4.69) is 0 Å². The van der Waals surface area contributed by atoms with Crippen molar-refractivity contribution in [1.82, 2.24) is 0 Å². The lowest BCUT2D eigenvalue weighted by molar-refractivity contribution is -0.205. The molecule has 3 atom stereocenters. The van der Waals surface area contributed by atoms with Gasteiger partial charge in [0.15, 0.2) is 0 Å². The summed E-state index contributed by atoms with van der Waals surface area (Å²) in [4.78, 5) is 22.7. The molecule has 0 bridgehead atoms. The van der Waals surface area contributed by atoms with Gasteiger partial charge in [0.25, 0.3) is 5.79 Å². The molecule has 0 aliphatic heterocycles. The number of halogens is 3. The van der Waals surface area contributed by atoms with Gasteiger partial charge in [0.1, 0.15) is 5.78 Å². The van der Waals surface area contributed by atoms with Crippen LogP contribution < -0.4 is 0 Å². The van der Waals surface area contributed by atoms with Crippen LogP contribution in [0.15, 0.2) is 24.3 Å². The Hall–Kier alpha value is -1.67. The van der Waals surface area contributed by atoms with Crippen LogP contribution >= 0.6 is 0 Å². The number of alkyl halides is 3. The first-order valence-electron chi connectivity index (χ1n) is 10.1. The number of carbonyl (C=O) groups excluding carboxylic acids is 1. The molecule has 0 unspecified atom stereocenters. The molecule has 1 aliphatic carbocycles. The topological polar surface area (TPSA) is 94.8 Å². The number of hydrogen-bond acceptors (Lipinski definition) is 4. The first-order valence-corrected chi connectivity index (χ1v) is 10.1. The van der Waals surface area contributed by atoms with Crippen LogP contribution in [0.1, 0.15) is 64.7 Å². The predicted octanol–water partition coefficient (Wildman–Crippen LogP) is 4.39. The molecule has 0 spiro atoms. The molecule has 0 aromatic carbocycles. The van der Waals surface area contributed by atoms with Crippen LogP contribution in [0.4, 0.5) is 13.2 Å². The zero-order valence-corrected chi connectivity index (χ0v) is 16.7. The zero-order valence-electron chi connectivity index (χ0n) is 16.7. The number of allylic oxidation sites excluding steroid dienone is 4. The lowest BCUT2D eigenvalue weighted by atomic mass is 9.90. The Balaban J connectivity index is 2.57. The number of ketones is 1. The minimum absolute atomic E-state index is 0.0619. The van der Waals surface area contributed by atoms with Crippen molar-refractivity contribution in [2.75, 3.05) is 0 Å².